The number of esters is 1. The van der Waals surface area contributed by atoms with E-state index in [9.17, 15) is 9.59 Å². The molecule has 0 aliphatic carbocycles. The van der Waals surface area contributed by atoms with Gasteiger partial charge < -0.3 is 23.7 Å². The van der Waals surface area contributed by atoms with Gasteiger partial charge in [0.1, 0.15) is 11.5 Å². The molecule has 0 bridgehead atoms. The Morgan fingerprint density at radius 1 is 1.14 bits per heavy atom. The average molecular weight is 384 g/mol. The van der Waals surface area contributed by atoms with Crippen LogP contribution in [0.4, 0.5) is 0 Å². The second-order valence-corrected chi connectivity index (χ2v) is 6.00. The fraction of sp³-hybridized carbons (Fsp3) is 0.238. The highest BCUT2D eigenvalue weighted by Gasteiger charge is 2.30. The standard InChI is InChI=1S/C21H20O7/c1-12-8-14(27-11-18(22)25-3)10-16-19(12)20(23)17(28-16)9-13-6-5-7-15(24-2)21(13)26-4/h5-10H,11H2,1-4H3/b17-9-. The zero-order valence-corrected chi connectivity index (χ0v) is 16.0. The molecule has 0 amide bonds. The predicted octanol–water partition coefficient (Wildman–Crippen LogP) is 3.18. The molecule has 3 rings (SSSR count). The van der Waals surface area contributed by atoms with Crippen molar-refractivity contribution in [1.82, 2.24) is 0 Å². The van der Waals surface area contributed by atoms with E-state index in [1.54, 1.807) is 50.4 Å². The van der Waals surface area contributed by atoms with E-state index in [0.717, 1.165) is 0 Å². The molecule has 0 N–H and O–H groups in total. The summed E-state index contributed by atoms with van der Waals surface area (Å²) in [5.41, 5.74) is 1.79. The molecule has 0 saturated carbocycles. The van der Waals surface area contributed by atoms with Crippen LogP contribution in [0, 0.1) is 6.92 Å². The summed E-state index contributed by atoms with van der Waals surface area (Å²) in [4.78, 5) is 24.1. The lowest BCUT2D eigenvalue weighted by Crippen LogP contribution is -2.12. The Hall–Kier alpha value is -3.48. The van der Waals surface area contributed by atoms with Gasteiger partial charge in [-0.15, -0.1) is 0 Å². The topological polar surface area (TPSA) is 80.3 Å². The SMILES string of the molecule is COC(=O)COc1cc(C)c2c(c1)O/C(=C\c1cccc(OC)c1OC)C2=O. The molecule has 146 valence electrons. The number of hydrogen-bond acceptors (Lipinski definition) is 7. The van der Waals surface area contributed by atoms with Crippen LogP contribution >= 0.6 is 0 Å². The number of aryl methyl sites for hydroxylation is 1. The molecule has 2 aromatic carbocycles. The van der Waals surface area contributed by atoms with E-state index in [0.29, 0.717) is 39.7 Å². The summed E-state index contributed by atoms with van der Waals surface area (Å²) in [5, 5.41) is 0. The molecule has 7 heteroatoms. The molecule has 2 aromatic rings. The summed E-state index contributed by atoms with van der Waals surface area (Å²) >= 11 is 0. The number of carbonyl (C=O) groups excluding carboxylic acids is 2. The van der Waals surface area contributed by atoms with Crippen LogP contribution < -0.4 is 18.9 Å². The number of carbonyl (C=O) groups is 2. The van der Waals surface area contributed by atoms with Gasteiger partial charge in [-0.05, 0) is 30.7 Å². The zero-order valence-electron chi connectivity index (χ0n) is 16.0. The van der Waals surface area contributed by atoms with Crippen LogP contribution in [-0.2, 0) is 9.53 Å². The molecule has 0 unspecified atom stereocenters. The fourth-order valence-corrected chi connectivity index (χ4v) is 2.93. The Labute approximate surface area is 162 Å². The van der Waals surface area contributed by atoms with Crippen molar-refractivity contribution in [2.24, 2.45) is 0 Å². The van der Waals surface area contributed by atoms with E-state index in [2.05, 4.69) is 4.74 Å². The normalized spacial score (nSPS) is 13.7. The summed E-state index contributed by atoms with van der Waals surface area (Å²) in [5.74, 6) is 1.26. The number of ether oxygens (including phenoxy) is 5. The molecular weight excluding hydrogens is 364 g/mol. The second kappa shape index (κ2) is 8.04. The minimum atomic E-state index is -0.499. The third-order valence-corrected chi connectivity index (χ3v) is 4.25. The van der Waals surface area contributed by atoms with Gasteiger partial charge in [-0.25, -0.2) is 4.79 Å². The van der Waals surface area contributed by atoms with Gasteiger partial charge in [-0.3, -0.25) is 4.79 Å². The van der Waals surface area contributed by atoms with Gasteiger partial charge in [-0.2, -0.15) is 0 Å². The first-order valence-corrected chi connectivity index (χ1v) is 8.48. The first-order chi connectivity index (χ1) is 13.5. The molecular formula is C21H20O7. The predicted molar refractivity (Wildman–Crippen MR) is 101 cm³/mol. The zero-order chi connectivity index (χ0) is 20.3. The number of ketones is 1. The third-order valence-electron chi connectivity index (χ3n) is 4.25. The number of para-hydroxylation sites is 1. The number of benzene rings is 2. The molecule has 1 heterocycles. The molecule has 0 spiro atoms. The Morgan fingerprint density at radius 3 is 2.61 bits per heavy atom. The van der Waals surface area contributed by atoms with E-state index >= 15 is 0 Å². The summed E-state index contributed by atoms with van der Waals surface area (Å²) in [6.07, 6.45) is 1.61. The van der Waals surface area contributed by atoms with Crippen LogP contribution in [0.5, 0.6) is 23.0 Å². The number of rotatable bonds is 6. The van der Waals surface area contributed by atoms with Crippen molar-refractivity contribution in [3.05, 3.63) is 52.8 Å². The van der Waals surface area contributed by atoms with Crippen LogP contribution in [0.15, 0.2) is 36.1 Å². The highest BCUT2D eigenvalue weighted by molar-refractivity contribution is 6.15. The number of hydrogen-bond donors (Lipinski definition) is 0. The highest BCUT2D eigenvalue weighted by atomic mass is 16.6. The highest BCUT2D eigenvalue weighted by Crippen LogP contribution is 2.39. The lowest BCUT2D eigenvalue weighted by Gasteiger charge is -2.10. The van der Waals surface area contributed by atoms with Gasteiger partial charge in [0, 0.05) is 11.6 Å². The van der Waals surface area contributed by atoms with Crippen molar-refractivity contribution < 1.29 is 33.3 Å². The average Bonchev–Trinajstić information content (AvgIpc) is 3.01. The van der Waals surface area contributed by atoms with E-state index in [1.807, 2.05) is 0 Å². The number of fused-ring (bicyclic) bond motifs is 1. The van der Waals surface area contributed by atoms with Crippen LogP contribution in [0.1, 0.15) is 21.5 Å². The van der Waals surface area contributed by atoms with Gasteiger partial charge >= 0.3 is 5.97 Å². The molecule has 0 saturated heterocycles. The van der Waals surface area contributed by atoms with E-state index < -0.39 is 5.97 Å². The van der Waals surface area contributed by atoms with Gasteiger partial charge in [0.25, 0.3) is 0 Å². The van der Waals surface area contributed by atoms with Crippen molar-refractivity contribution in [2.75, 3.05) is 27.9 Å². The van der Waals surface area contributed by atoms with Crippen LogP contribution in [0.2, 0.25) is 0 Å². The van der Waals surface area contributed by atoms with Crippen molar-refractivity contribution in [3.8, 4) is 23.0 Å². The van der Waals surface area contributed by atoms with Crippen LogP contribution in [0.3, 0.4) is 0 Å². The summed E-state index contributed by atoms with van der Waals surface area (Å²) in [6.45, 7) is 1.55. The maximum Gasteiger partial charge on any atom is 0.343 e. The number of allylic oxidation sites excluding steroid dienone is 1. The van der Waals surface area contributed by atoms with Crippen LogP contribution in [0.25, 0.3) is 6.08 Å². The van der Waals surface area contributed by atoms with E-state index in [4.69, 9.17) is 18.9 Å². The first kappa shape index (κ1) is 19.3. The van der Waals surface area contributed by atoms with Crippen molar-refractivity contribution in [1.29, 1.82) is 0 Å². The van der Waals surface area contributed by atoms with Crippen molar-refractivity contribution in [3.63, 3.8) is 0 Å². The minimum Gasteiger partial charge on any atom is -0.493 e. The maximum absolute atomic E-state index is 12.8. The molecule has 0 radical (unpaired) electrons. The van der Waals surface area contributed by atoms with Gasteiger partial charge in [0.2, 0.25) is 5.78 Å². The van der Waals surface area contributed by atoms with E-state index in [1.165, 1.54) is 14.2 Å². The molecule has 1 aliphatic heterocycles. The Bertz CT molecular complexity index is 959. The van der Waals surface area contributed by atoms with Crippen molar-refractivity contribution in [2.45, 2.75) is 6.92 Å². The van der Waals surface area contributed by atoms with Gasteiger partial charge in [0.15, 0.2) is 23.9 Å². The molecule has 1 aliphatic rings. The molecule has 0 atom stereocenters. The lowest BCUT2D eigenvalue weighted by molar-refractivity contribution is -0.142. The summed E-state index contributed by atoms with van der Waals surface area (Å²) < 4.78 is 26.4. The quantitative estimate of drug-likeness (QED) is 0.559. The molecule has 0 aromatic heterocycles. The van der Waals surface area contributed by atoms with Crippen LogP contribution in [-0.4, -0.2) is 39.7 Å². The smallest absolute Gasteiger partial charge is 0.343 e. The Balaban J connectivity index is 1.93. The van der Waals surface area contributed by atoms with Crippen molar-refractivity contribution >= 4 is 17.8 Å². The Morgan fingerprint density at radius 2 is 1.93 bits per heavy atom. The Kier molecular flexibility index (Phi) is 5.54. The van der Waals surface area contributed by atoms with Gasteiger partial charge in [-0.1, -0.05) is 12.1 Å². The van der Waals surface area contributed by atoms with E-state index in [-0.39, 0.29) is 18.1 Å². The number of Topliss-reactive ketones (excluding diaryl/α,β-unsaturated/α-hetero) is 1. The summed E-state index contributed by atoms with van der Waals surface area (Å²) in [7, 11) is 4.35. The maximum atomic E-state index is 12.8. The number of methoxy groups -OCH3 is 3. The molecule has 7 nitrogen and oxygen atoms in total. The van der Waals surface area contributed by atoms with Gasteiger partial charge in [0.05, 0.1) is 26.9 Å². The lowest BCUT2D eigenvalue weighted by atomic mass is 10.0. The fourth-order valence-electron chi connectivity index (χ4n) is 2.93. The second-order valence-electron chi connectivity index (χ2n) is 6.00. The minimum absolute atomic E-state index is 0.162. The largest absolute Gasteiger partial charge is 0.493 e. The third kappa shape index (κ3) is 3.64. The summed E-state index contributed by atoms with van der Waals surface area (Å²) in [6, 6.07) is 8.61. The monoisotopic (exact) mass is 384 g/mol. The molecule has 28 heavy (non-hydrogen) atoms. The molecule has 0 fully saturated rings. The first-order valence-electron chi connectivity index (χ1n) is 8.48.